The van der Waals surface area contributed by atoms with Crippen LogP contribution in [0.1, 0.15) is 5.56 Å². The van der Waals surface area contributed by atoms with Crippen LogP contribution in [0.4, 0.5) is 0 Å². The number of fused-ring (bicyclic) bond motifs is 1. The summed E-state index contributed by atoms with van der Waals surface area (Å²) >= 11 is 0. The van der Waals surface area contributed by atoms with Crippen molar-refractivity contribution in [3.8, 4) is 11.4 Å². The number of aryl methyl sites for hydroxylation is 1. The van der Waals surface area contributed by atoms with Crippen LogP contribution < -0.4 is 10.3 Å². The van der Waals surface area contributed by atoms with Gasteiger partial charge in [-0.1, -0.05) is 30.3 Å². The van der Waals surface area contributed by atoms with E-state index in [1.165, 1.54) is 0 Å². The second kappa shape index (κ2) is 6.84. The Bertz CT molecular complexity index is 1100. The second-order valence-electron chi connectivity index (χ2n) is 6.04. The van der Waals surface area contributed by atoms with E-state index in [1.807, 2.05) is 61.5 Å². The first kappa shape index (κ1) is 16.1. The summed E-state index contributed by atoms with van der Waals surface area (Å²) < 4.78 is 8.95. The molecule has 0 saturated heterocycles. The Morgan fingerprint density at radius 3 is 2.73 bits per heavy atom. The molecule has 0 unspecified atom stereocenters. The van der Waals surface area contributed by atoms with E-state index < -0.39 is 0 Å². The number of hydrogen-bond donors (Lipinski definition) is 0. The van der Waals surface area contributed by atoms with Gasteiger partial charge < -0.3 is 4.74 Å². The van der Waals surface area contributed by atoms with Crippen molar-refractivity contribution < 1.29 is 4.74 Å². The minimum Gasteiger partial charge on any atom is -0.492 e. The van der Waals surface area contributed by atoms with Crippen LogP contribution in [-0.4, -0.2) is 25.9 Å². The number of para-hydroxylation sites is 1. The zero-order valence-electron chi connectivity index (χ0n) is 14.4. The maximum absolute atomic E-state index is 12.7. The summed E-state index contributed by atoms with van der Waals surface area (Å²) in [5.74, 6) is 0.795. The zero-order chi connectivity index (χ0) is 17.9. The summed E-state index contributed by atoms with van der Waals surface area (Å²) in [4.78, 5) is 17.1. The van der Waals surface area contributed by atoms with Crippen molar-refractivity contribution in [3.05, 3.63) is 83.0 Å². The van der Waals surface area contributed by atoms with Crippen LogP contribution in [0, 0.1) is 6.92 Å². The molecule has 0 radical (unpaired) electrons. The van der Waals surface area contributed by atoms with E-state index in [-0.39, 0.29) is 5.56 Å². The molecule has 0 fully saturated rings. The lowest BCUT2D eigenvalue weighted by atomic mass is 10.2. The van der Waals surface area contributed by atoms with Crippen molar-refractivity contribution in [3.63, 3.8) is 0 Å². The minimum atomic E-state index is -0.120. The highest BCUT2D eigenvalue weighted by Gasteiger charge is 2.11. The first-order valence-electron chi connectivity index (χ1n) is 8.40. The number of nitrogens with zero attached hydrogens (tertiary/aromatic N) is 4. The minimum absolute atomic E-state index is 0.120. The number of ether oxygens (including phenoxy) is 1. The van der Waals surface area contributed by atoms with Gasteiger partial charge in [-0.05, 0) is 36.8 Å². The normalized spacial score (nSPS) is 11.0. The number of rotatable bonds is 5. The predicted octanol–water partition coefficient (Wildman–Crippen LogP) is 2.97. The van der Waals surface area contributed by atoms with Gasteiger partial charge in [0.05, 0.1) is 18.4 Å². The fourth-order valence-electron chi connectivity index (χ4n) is 2.83. The zero-order valence-corrected chi connectivity index (χ0v) is 14.4. The number of hydrogen-bond acceptors (Lipinski definition) is 4. The Hall–Kier alpha value is -3.41. The van der Waals surface area contributed by atoms with Gasteiger partial charge in [0.2, 0.25) is 0 Å². The molecule has 0 saturated carbocycles. The van der Waals surface area contributed by atoms with Crippen molar-refractivity contribution >= 4 is 11.0 Å². The molecular formula is C20H18N4O2. The Labute approximate surface area is 150 Å². The van der Waals surface area contributed by atoms with E-state index in [2.05, 4.69) is 10.1 Å². The molecule has 0 aliphatic rings. The van der Waals surface area contributed by atoms with Gasteiger partial charge in [-0.2, -0.15) is 5.10 Å². The van der Waals surface area contributed by atoms with Gasteiger partial charge >= 0.3 is 0 Å². The van der Waals surface area contributed by atoms with Gasteiger partial charge in [0.15, 0.2) is 5.65 Å². The molecule has 0 spiro atoms. The molecule has 0 aliphatic carbocycles. The lowest BCUT2D eigenvalue weighted by Crippen LogP contribution is -2.23. The molecule has 26 heavy (non-hydrogen) atoms. The molecule has 6 nitrogen and oxygen atoms in total. The van der Waals surface area contributed by atoms with E-state index in [0.29, 0.717) is 24.2 Å². The van der Waals surface area contributed by atoms with Crippen molar-refractivity contribution in [1.82, 2.24) is 19.3 Å². The summed E-state index contributed by atoms with van der Waals surface area (Å²) in [7, 11) is 0. The van der Waals surface area contributed by atoms with Gasteiger partial charge in [-0.3, -0.25) is 9.36 Å². The summed E-state index contributed by atoms with van der Waals surface area (Å²) in [6, 6.07) is 17.5. The molecule has 4 rings (SSSR count). The fraction of sp³-hybridized carbons (Fsp3) is 0.150. The average Bonchev–Trinajstić information content (AvgIpc) is 3.09. The smallest absolute Gasteiger partial charge is 0.264 e. The first-order chi connectivity index (χ1) is 12.7. The highest BCUT2D eigenvalue weighted by Crippen LogP contribution is 2.14. The lowest BCUT2D eigenvalue weighted by Gasteiger charge is -2.09. The van der Waals surface area contributed by atoms with Crippen LogP contribution >= 0.6 is 0 Å². The largest absolute Gasteiger partial charge is 0.492 e. The Balaban J connectivity index is 1.56. The Morgan fingerprint density at radius 1 is 1.08 bits per heavy atom. The van der Waals surface area contributed by atoms with Crippen LogP contribution in [0.3, 0.4) is 0 Å². The third-order valence-electron chi connectivity index (χ3n) is 4.15. The van der Waals surface area contributed by atoms with Crippen LogP contribution in [0.2, 0.25) is 0 Å². The summed E-state index contributed by atoms with van der Waals surface area (Å²) in [5.41, 5.74) is 2.44. The molecule has 4 aromatic rings. The van der Waals surface area contributed by atoms with Gasteiger partial charge in [-0.15, -0.1) is 0 Å². The SMILES string of the molecule is Cc1cccc(OCCn2cnc3c(cnn3-c3ccccc3)c2=O)c1. The predicted molar refractivity (Wildman–Crippen MR) is 99.8 cm³/mol. The molecule has 0 atom stereocenters. The molecule has 0 bridgehead atoms. The third-order valence-corrected chi connectivity index (χ3v) is 4.15. The maximum Gasteiger partial charge on any atom is 0.264 e. The first-order valence-corrected chi connectivity index (χ1v) is 8.40. The fourth-order valence-corrected chi connectivity index (χ4v) is 2.83. The van der Waals surface area contributed by atoms with Gasteiger partial charge in [0, 0.05) is 0 Å². The number of aromatic nitrogens is 4. The highest BCUT2D eigenvalue weighted by atomic mass is 16.5. The van der Waals surface area contributed by atoms with E-state index >= 15 is 0 Å². The van der Waals surface area contributed by atoms with Crippen LogP contribution in [-0.2, 0) is 6.54 Å². The van der Waals surface area contributed by atoms with E-state index in [4.69, 9.17) is 4.74 Å². The molecule has 2 aromatic heterocycles. The van der Waals surface area contributed by atoms with Gasteiger partial charge in [0.25, 0.3) is 5.56 Å². The molecule has 0 amide bonds. The quantitative estimate of drug-likeness (QED) is 0.557. The average molecular weight is 346 g/mol. The molecular weight excluding hydrogens is 328 g/mol. The van der Waals surface area contributed by atoms with Crippen molar-refractivity contribution in [2.24, 2.45) is 0 Å². The summed E-state index contributed by atoms with van der Waals surface area (Å²) in [6.45, 7) is 2.83. The third kappa shape index (κ3) is 3.09. The Morgan fingerprint density at radius 2 is 1.92 bits per heavy atom. The maximum atomic E-state index is 12.7. The monoisotopic (exact) mass is 346 g/mol. The van der Waals surface area contributed by atoms with Gasteiger partial charge in [0.1, 0.15) is 24.1 Å². The van der Waals surface area contributed by atoms with Crippen molar-refractivity contribution in [2.45, 2.75) is 13.5 Å². The molecule has 6 heteroatoms. The van der Waals surface area contributed by atoms with Gasteiger partial charge in [-0.25, -0.2) is 9.67 Å². The summed E-state index contributed by atoms with van der Waals surface area (Å²) in [5, 5.41) is 4.81. The standard InChI is InChI=1S/C20H18N4O2/c1-15-6-5-9-17(12-15)26-11-10-23-14-21-19-18(20(23)25)13-22-24(19)16-7-3-2-4-8-16/h2-9,12-14H,10-11H2,1H3. The molecule has 130 valence electrons. The molecule has 0 N–H and O–H groups in total. The van der Waals surface area contributed by atoms with E-state index in [0.717, 1.165) is 17.0 Å². The second-order valence-corrected chi connectivity index (χ2v) is 6.04. The number of benzene rings is 2. The molecule has 0 aliphatic heterocycles. The van der Waals surface area contributed by atoms with E-state index in [1.54, 1.807) is 21.8 Å². The van der Waals surface area contributed by atoms with Crippen molar-refractivity contribution in [1.29, 1.82) is 0 Å². The lowest BCUT2D eigenvalue weighted by molar-refractivity contribution is 0.296. The Kier molecular flexibility index (Phi) is 4.23. The van der Waals surface area contributed by atoms with Crippen LogP contribution in [0.5, 0.6) is 5.75 Å². The topological polar surface area (TPSA) is 61.9 Å². The van der Waals surface area contributed by atoms with Crippen LogP contribution in [0.25, 0.3) is 16.7 Å². The van der Waals surface area contributed by atoms with Crippen LogP contribution in [0.15, 0.2) is 71.9 Å². The van der Waals surface area contributed by atoms with E-state index in [9.17, 15) is 4.79 Å². The molecule has 2 heterocycles. The summed E-state index contributed by atoms with van der Waals surface area (Å²) in [6.07, 6.45) is 3.11. The molecule has 2 aromatic carbocycles. The highest BCUT2D eigenvalue weighted by molar-refractivity contribution is 5.74. The van der Waals surface area contributed by atoms with Crippen molar-refractivity contribution in [2.75, 3.05) is 6.61 Å².